The second kappa shape index (κ2) is 24.1. The highest BCUT2D eigenvalue weighted by molar-refractivity contribution is 5.93. The Morgan fingerprint density at radius 1 is 0.494 bits per heavy atom. The number of nitrogens with zero attached hydrogens (tertiary/aromatic N) is 9. The van der Waals surface area contributed by atoms with Crippen molar-refractivity contribution in [1.29, 1.82) is 0 Å². The van der Waals surface area contributed by atoms with Crippen molar-refractivity contribution in [1.82, 2.24) is 59.8 Å². The Morgan fingerprint density at radius 2 is 0.788 bits per heavy atom. The van der Waals surface area contributed by atoms with Crippen LogP contribution in [0, 0.1) is 51.1 Å². The van der Waals surface area contributed by atoms with Crippen LogP contribution in [0.5, 0.6) is 0 Å². The zero-order chi connectivity index (χ0) is 60.4. The fraction of sp³-hybridized carbons (Fsp3) is 0.379. The lowest BCUT2D eigenvalue weighted by Gasteiger charge is -2.45. The van der Waals surface area contributed by atoms with Gasteiger partial charge in [0.15, 0.2) is 52.4 Å². The molecule has 27 heteroatoms. The number of aromatic nitrogens is 12. The van der Waals surface area contributed by atoms with E-state index in [1.807, 2.05) is 13.8 Å². The van der Waals surface area contributed by atoms with Gasteiger partial charge in [-0.25, -0.2) is 71.2 Å². The zero-order valence-electron chi connectivity index (χ0n) is 46.5. The van der Waals surface area contributed by atoms with E-state index in [0.717, 1.165) is 95.0 Å². The fourth-order valence-electron chi connectivity index (χ4n) is 11.0. The second-order valence-corrected chi connectivity index (χ2v) is 22.5. The van der Waals surface area contributed by atoms with E-state index in [-0.39, 0.29) is 82.4 Å². The number of esters is 1. The van der Waals surface area contributed by atoms with Crippen molar-refractivity contribution in [3.8, 4) is 34.2 Å². The minimum Gasteiger partial charge on any atom is -0.481 e. The molecular formula is C58H59F6N15O6. The van der Waals surface area contributed by atoms with Crippen LogP contribution in [-0.4, -0.2) is 113 Å². The molecule has 0 spiro atoms. The number of H-pyrrole nitrogens is 3. The molecule has 9 aromatic heterocycles. The Bertz CT molecular complexity index is 3790. The molecule has 0 radical (unpaired) electrons. The summed E-state index contributed by atoms with van der Waals surface area (Å²) in [6.45, 7) is 6.04. The summed E-state index contributed by atoms with van der Waals surface area (Å²) in [5.74, 6) is -5.30. The van der Waals surface area contributed by atoms with Crippen molar-refractivity contribution in [3.05, 3.63) is 109 Å². The van der Waals surface area contributed by atoms with E-state index in [0.29, 0.717) is 49.8 Å². The number of aromatic amines is 3. The molecule has 3 aliphatic carbocycles. The summed E-state index contributed by atoms with van der Waals surface area (Å²) < 4.78 is 88.8. The molecule has 444 valence electrons. The number of carbonyl (C=O) groups is 3. The van der Waals surface area contributed by atoms with Crippen LogP contribution < -0.4 is 16.0 Å². The van der Waals surface area contributed by atoms with Gasteiger partial charge in [-0.2, -0.15) is 0 Å². The first-order valence-electron chi connectivity index (χ1n) is 27.4. The number of carbonyl (C=O) groups excluding carboxylic acids is 1. The van der Waals surface area contributed by atoms with E-state index in [1.165, 1.54) is 25.3 Å². The first kappa shape index (κ1) is 58.9. The van der Waals surface area contributed by atoms with Gasteiger partial charge in [-0.1, -0.05) is 40.0 Å². The molecular weight excluding hydrogens is 1120 g/mol. The molecule has 85 heavy (non-hydrogen) atoms. The normalized spacial score (nSPS) is 16.4. The summed E-state index contributed by atoms with van der Waals surface area (Å²) in [6.07, 6.45) is 19.4. The summed E-state index contributed by atoms with van der Waals surface area (Å²) in [7, 11) is 1.33. The van der Waals surface area contributed by atoms with Gasteiger partial charge < -0.3 is 45.9 Å². The molecule has 9 heterocycles. The number of hydrogen-bond donors (Lipinski definition) is 8. The summed E-state index contributed by atoms with van der Waals surface area (Å²) in [5.41, 5.74) is 2.26. The van der Waals surface area contributed by atoms with Crippen LogP contribution in [0.25, 0.3) is 67.3 Å². The van der Waals surface area contributed by atoms with Gasteiger partial charge in [-0.3, -0.25) is 14.4 Å². The molecule has 1 unspecified atom stereocenters. The Balaban J connectivity index is 0.000000142. The van der Waals surface area contributed by atoms with Crippen molar-refractivity contribution in [2.45, 2.75) is 116 Å². The van der Waals surface area contributed by atoms with Crippen LogP contribution in [-0.2, 0) is 19.1 Å². The van der Waals surface area contributed by atoms with E-state index in [1.54, 1.807) is 18.6 Å². The van der Waals surface area contributed by atoms with Crippen LogP contribution in [0.2, 0.25) is 0 Å². The van der Waals surface area contributed by atoms with Crippen LogP contribution in [0.3, 0.4) is 0 Å². The number of carboxylic acid groups (broad SMARTS) is 2. The van der Waals surface area contributed by atoms with E-state index in [9.17, 15) is 50.9 Å². The molecule has 3 saturated carbocycles. The third-order valence-electron chi connectivity index (χ3n) is 16.7. The first-order chi connectivity index (χ1) is 40.6. The number of hydrogen-bond acceptors (Lipinski definition) is 16. The van der Waals surface area contributed by atoms with E-state index < -0.39 is 58.9 Å². The number of aliphatic carboxylic acids is 2. The number of rotatable bonds is 18. The highest BCUT2D eigenvalue weighted by atomic mass is 19.1. The highest BCUT2D eigenvalue weighted by Crippen LogP contribution is 2.48. The average molecular weight is 1180 g/mol. The molecule has 21 nitrogen and oxygen atoms in total. The standard InChI is InChI=1S/C20H21F2N5O2.2C19H19F2N5O2/c1-20(4-3-5-20)15(7-16(28)29-2)26-19-14(22)10-25-18(27-19)13-9-24-17-12(13)6-11(21)8-23-17;2*1-19(3-2-4-19)14(6-15(27)28)25-18-13(21)9-24-17(26-18)12-8-23-16-11(12)5-10(20)7-22-16/h6,8-10,15H,3-5,7H2,1-2H3,(H,23,24)(H,25,26,27);2*5,7-9,14H,2-4,6H2,1H3,(H,22,23)(H,27,28)(H,24,25,26)/t;2*14-/m.10/s1. The quantitative estimate of drug-likeness (QED) is 0.0292. The topological polar surface area (TPSA) is 300 Å². The Morgan fingerprint density at radius 3 is 1.05 bits per heavy atom. The van der Waals surface area contributed by atoms with Crippen LogP contribution in [0.1, 0.15) is 97.8 Å². The number of halogens is 6. The Hall–Kier alpha value is -9.30. The van der Waals surface area contributed by atoms with Crippen LogP contribution in [0.4, 0.5) is 43.8 Å². The predicted molar refractivity (Wildman–Crippen MR) is 300 cm³/mol. The van der Waals surface area contributed by atoms with E-state index in [2.05, 4.69) is 82.7 Å². The summed E-state index contributed by atoms with van der Waals surface area (Å²) in [4.78, 5) is 80.0. The summed E-state index contributed by atoms with van der Waals surface area (Å²) in [5, 5.41) is 29.0. The van der Waals surface area contributed by atoms with Gasteiger partial charge in [-0.15, -0.1) is 0 Å². The maximum Gasteiger partial charge on any atom is 0.307 e. The lowest BCUT2D eigenvalue weighted by atomic mass is 9.64. The van der Waals surface area contributed by atoms with Crippen molar-refractivity contribution in [3.63, 3.8) is 0 Å². The van der Waals surface area contributed by atoms with Gasteiger partial charge in [0.25, 0.3) is 0 Å². The Labute approximate surface area is 480 Å². The second-order valence-electron chi connectivity index (χ2n) is 22.5. The SMILES string of the molecule is CC1([C@@H](CC(=O)O)Nc2nc(-c3c[nH]c4ncc(F)cc34)ncc2F)CCC1.CC1([C@H](CC(=O)O)Nc2nc(-c3c[nH]c4ncc(F)cc34)ncc2F)CCC1.COC(=O)CC(Nc1nc(-c2c[nH]c3ncc(F)cc23)ncc1F)C1(C)CCC1. The Kier molecular flexibility index (Phi) is 16.7. The van der Waals surface area contributed by atoms with Crippen LogP contribution >= 0.6 is 0 Å². The van der Waals surface area contributed by atoms with Crippen molar-refractivity contribution in [2.24, 2.45) is 16.2 Å². The third-order valence-corrected chi connectivity index (χ3v) is 16.7. The number of carboxylic acids is 2. The molecule has 0 aromatic carbocycles. The molecule has 0 amide bonds. The number of ether oxygens (including phenoxy) is 1. The maximum atomic E-state index is 14.5. The summed E-state index contributed by atoms with van der Waals surface area (Å²) >= 11 is 0. The van der Waals surface area contributed by atoms with Gasteiger partial charge in [0, 0.05) is 69.6 Å². The lowest BCUT2D eigenvalue weighted by molar-refractivity contribution is -0.142. The minimum absolute atomic E-state index is 0.00394. The van der Waals surface area contributed by atoms with E-state index >= 15 is 0 Å². The van der Waals surface area contributed by atoms with Gasteiger partial charge in [-0.05, 0) is 73.0 Å². The van der Waals surface area contributed by atoms with Crippen molar-refractivity contribution in [2.75, 3.05) is 23.1 Å². The van der Waals surface area contributed by atoms with Gasteiger partial charge >= 0.3 is 17.9 Å². The monoisotopic (exact) mass is 1180 g/mol. The fourth-order valence-corrected chi connectivity index (χ4v) is 11.0. The number of methoxy groups -OCH3 is 1. The maximum absolute atomic E-state index is 14.5. The molecule has 0 bridgehead atoms. The molecule has 8 N–H and O–H groups in total. The highest BCUT2D eigenvalue weighted by Gasteiger charge is 2.44. The van der Waals surface area contributed by atoms with Crippen molar-refractivity contribution >= 4 is 68.5 Å². The smallest absolute Gasteiger partial charge is 0.307 e. The van der Waals surface area contributed by atoms with Crippen LogP contribution in [0.15, 0.2) is 74.0 Å². The molecule has 3 aliphatic rings. The molecule has 0 aliphatic heterocycles. The zero-order valence-corrected chi connectivity index (χ0v) is 46.5. The molecule has 3 atom stereocenters. The molecule has 12 rings (SSSR count). The van der Waals surface area contributed by atoms with Gasteiger partial charge in [0.2, 0.25) is 0 Å². The average Bonchev–Trinajstić information content (AvgIpc) is 2.74. The van der Waals surface area contributed by atoms with Gasteiger partial charge in [0.1, 0.15) is 34.4 Å². The first-order valence-corrected chi connectivity index (χ1v) is 27.4. The molecule has 9 aromatic rings. The van der Waals surface area contributed by atoms with E-state index in [4.69, 9.17) is 4.74 Å². The summed E-state index contributed by atoms with van der Waals surface area (Å²) in [6, 6.07) is 2.68. The number of pyridine rings is 3. The number of anilines is 3. The molecule has 3 fully saturated rings. The van der Waals surface area contributed by atoms with Crippen molar-refractivity contribution < 1.29 is 55.7 Å². The molecule has 0 saturated heterocycles. The number of fused-ring (bicyclic) bond motifs is 3. The lowest BCUT2D eigenvalue weighted by Crippen LogP contribution is -2.45. The minimum atomic E-state index is -0.960. The number of nitrogens with one attached hydrogen (secondary N) is 6. The largest absolute Gasteiger partial charge is 0.481 e. The third kappa shape index (κ3) is 12.8. The predicted octanol–water partition coefficient (Wildman–Crippen LogP) is 11.3. The van der Waals surface area contributed by atoms with Gasteiger partial charge in [0.05, 0.1) is 63.6 Å².